The number of carboxylic acids is 1. The van der Waals surface area contributed by atoms with Crippen LogP contribution in [0.25, 0.3) is 0 Å². The molecular weight excluding hydrogens is 306 g/mol. The predicted molar refractivity (Wildman–Crippen MR) is 79.9 cm³/mol. The first-order valence-corrected chi connectivity index (χ1v) is 6.84. The van der Waals surface area contributed by atoms with Gasteiger partial charge < -0.3 is 15.7 Å². The molecule has 0 bridgehead atoms. The molecule has 1 aromatic carbocycles. The molecule has 1 rings (SSSR count). The number of nitrogens with one attached hydrogen (secondary N) is 2. The Kier molecular flexibility index (Phi) is 6.19. The van der Waals surface area contributed by atoms with Gasteiger partial charge in [0.25, 0.3) is 11.6 Å². The van der Waals surface area contributed by atoms with Crippen molar-refractivity contribution in [1.82, 2.24) is 10.6 Å². The van der Waals surface area contributed by atoms with Gasteiger partial charge in [-0.3, -0.25) is 19.7 Å². The molecule has 3 N–H and O–H groups in total. The first-order valence-electron chi connectivity index (χ1n) is 6.84. The molecule has 9 nitrogen and oxygen atoms in total. The third kappa shape index (κ3) is 5.06. The van der Waals surface area contributed by atoms with Crippen molar-refractivity contribution < 1.29 is 24.4 Å². The van der Waals surface area contributed by atoms with E-state index in [9.17, 15) is 24.5 Å². The van der Waals surface area contributed by atoms with E-state index >= 15 is 0 Å². The lowest BCUT2D eigenvalue weighted by atomic mass is 10.1. The fraction of sp³-hybridized carbons (Fsp3) is 0.357. The summed E-state index contributed by atoms with van der Waals surface area (Å²) in [5.74, 6) is -2.49. The number of carbonyl (C=O) groups is 3. The number of hydrogen-bond acceptors (Lipinski definition) is 5. The lowest BCUT2D eigenvalue weighted by Crippen LogP contribution is -2.50. The van der Waals surface area contributed by atoms with Gasteiger partial charge in [0.05, 0.1) is 4.92 Å². The molecule has 0 aliphatic rings. The highest BCUT2D eigenvalue weighted by molar-refractivity contribution is 5.98. The van der Waals surface area contributed by atoms with Crippen molar-refractivity contribution >= 4 is 23.5 Å². The van der Waals surface area contributed by atoms with Gasteiger partial charge in [-0.1, -0.05) is 13.0 Å². The van der Waals surface area contributed by atoms with Crippen LogP contribution in [0.2, 0.25) is 0 Å². The number of rotatable bonds is 7. The summed E-state index contributed by atoms with van der Waals surface area (Å²) in [6, 6.07) is 3.03. The number of amides is 2. The summed E-state index contributed by atoms with van der Waals surface area (Å²) in [7, 11) is 0. The maximum absolute atomic E-state index is 12.0. The van der Waals surface area contributed by atoms with Gasteiger partial charge in [0.15, 0.2) is 0 Å². The Hall–Kier alpha value is -2.97. The van der Waals surface area contributed by atoms with Crippen LogP contribution in [0.15, 0.2) is 24.3 Å². The minimum atomic E-state index is -1.17. The number of non-ortho nitro benzene ring substituents is 1. The summed E-state index contributed by atoms with van der Waals surface area (Å²) in [6.07, 6.45) is 0.201. The van der Waals surface area contributed by atoms with Crippen LogP contribution in [0, 0.1) is 10.1 Å². The van der Waals surface area contributed by atoms with Crippen molar-refractivity contribution in [2.24, 2.45) is 0 Å². The number of carboxylic acid groups (broad SMARTS) is 1. The van der Waals surface area contributed by atoms with Crippen LogP contribution >= 0.6 is 0 Å². The molecule has 0 radical (unpaired) electrons. The van der Waals surface area contributed by atoms with E-state index in [4.69, 9.17) is 5.11 Å². The summed E-state index contributed by atoms with van der Waals surface area (Å²) in [6.45, 7) is 2.99. The molecule has 0 spiro atoms. The van der Waals surface area contributed by atoms with Crippen LogP contribution in [-0.4, -0.2) is 39.9 Å². The van der Waals surface area contributed by atoms with E-state index in [0.29, 0.717) is 0 Å². The van der Waals surface area contributed by atoms with Crippen LogP contribution in [0.1, 0.15) is 30.6 Å². The Bertz CT molecular complexity index is 631. The number of nitro benzene ring substituents is 1. The van der Waals surface area contributed by atoms with E-state index in [1.807, 2.05) is 0 Å². The molecule has 0 saturated heterocycles. The predicted octanol–water partition coefficient (Wildman–Crippen LogP) is 0.692. The standard InChI is InChI=1S/C14H17N3O6/c1-3-11(14(20)21)16-12(18)8(2)15-13(19)9-5-4-6-10(7-9)17(22)23/h4-8,11H,3H2,1-2H3,(H,15,19)(H,16,18)(H,20,21). The lowest BCUT2D eigenvalue weighted by Gasteiger charge is -2.17. The molecule has 9 heteroatoms. The molecule has 0 aromatic heterocycles. The highest BCUT2D eigenvalue weighted by Gasteiger charge is 2.23. The van der Waals surface area contributed by atoms with E-state index in [1.54, 1.807) is 6.92 Å². The third-order valence-corrected chi connectivity index (χ3v) is 3.08. The Labute approximate surface area is 131 Å². The van der Waals surface area contributed by atoms with Gasteiger partial charge in [0, 0.05) is 17.7 Å². The van der Waals surface area contributed by atoms with Crippen LogP contribution in [0.4, 0.5) is 5.69 Å². The summed E-state index contributed by atoms with van der Waals surface area (Å²) >= 11 is 0. The first-order chi connectivity index (χ1) is 10.8. The van der Waals surface area contributed by atoms with E-state index in [1.165, 1.54) is 25.1 Å². The second-order valence-electron chi connectivity index (χ2n) is 4.81. The Balaban J connectivity index is 2.73. The molecule has 0 fully saturated rings. The smallest absolute Gasteiger partial charge is 0.326 e. The highest BCUT2D eigenvalue weighted by atomic mass is 16.6. The molecule has 124 valence electrons. The number of nitrogens with zero attached hydrogens (tertiary/aromatic N) is 1. The van der Waals surface area contributed by atoms with Crippen molar-refractivity contribution in [3.63, 3.8) is 0 Å². The van der Waals surface area contributed by atoms with Crippen molar-refractivity contribution in [3.8, 4) is 0 Å². The summed E-state index contributed by atoms with van der Waals surface area (Å²) < 4.78 is 0. The number of aliphatic carboxylic acids is 1. The topological polar surface area (TPSA) is 139 Å². The van der Waals surface area contributed by atoms with Gasteiger partial charge in [-0.25, -0.2) is 4.79 Å². The molecule has 1 aromatic rings. The number of nitro groups is 1. The molecule has 0 heterocycles. The van der Waals surface area contributed by atoms with Gasteiger partial charge >= 0.3 is 5.97 Å². The van der Waals surface area contributed by atoms with E-state index < -0.39 is 34.8 Å². The molecule has 2 atom stereocenters. The fourth-order valence-corrected chi connectivity index (χ4v) is 1.74. The van der Waals surface area contributed by atoms with E-state index in [2.05, 4.69) is 10.6 Å². The Morgan fingerprint density at radius 1 is 1.30 bits per heavy atom. The summed E-state index contributed by atoms with van der Waals surface area (Å²) in [5.41, 5.74) is -0.212. The summed E-state index contributed by atoms with van der Waals surface area (Å²) in [4.78, 5) is 44.8. The third-order valence-electron chi connectivity index (χ3n) is 3.08. The van der Waals surface area contributed by atoms with Crippen molar-refractivity contribution in [3.05, 3.63) is 39.9 Å². The second kappa shape index (κ2) is 7.87. The fourth-order valence-electron chi connectivity index (χ4n) is 1.74. The van der Waals surface area contributed by atoms with Crippen LogP contribution in [0.5, 0.6) is 0 Å². The van der Waals surface area contributed by atoms with Gasteiger partial charge in [0.1, 0.15) is 12.1 Å². The zero-order chi connectivity index (χ0) is 17.6. The minimum absolute atomic E-state index is 0.0316. The minimum Gasteiger partial charge on any atom is -0.480 e. The molecule has 23 heavy (non-hydrogen) atoms. The van der Waals surface area contributed by atoms with Gasteiger partial charge in [0.2, 0.25) is 5.91 Å². The lowest BCUT2D eigenvalue weighted by molar-refractivity contribution is -0.384. The Morgan fingerprint density at radius 3 is 2.48 bits per heavy atom. The SMILES string of the molecule is CCC(NC(=O)C(C)NC(=O)c1cccc([N+](=O)[O-])c1)C(=O)O. The molecule has 2 unspecified atom stereocenters. The average molecular weight is 323 g/mol. The quantitative estimate of drug-likeness (QED) is 0.498. The average Bonchev–Trinajstić information content (AvgIpc) is 2.51. The van der Waals surface area contributed by atoms with E-state index in [-0.39, 0.29) is 17.7 Å². The number of benzene rings is 1. The second-order valence-corrected chi connectivity index (χ2v) is 4.81. The van der Waals surface area contributed by atoms with E-state index in [0.717, 1.165) is 6.07 Å². The van der Waals surface area contributed by atoms with Gasteiger partial charge in [-0.2, -0.15) is 0 Å². The maximum atomic E-state index is 12.0. The summed E-state index contributed by atoms with van der Waals surface area (Å²) in [5, 5.41) is 24.2. The monoisotopic (exact) mass is 323 g/mol. The molecular formula is C14H17N3O6. The Morgan fingerprint density at radius 2 is 1.96 bits per heavy atom. The van der Waals surface area contributed by atoms with Crippen molar-refractivity contribution in [2.75, 3.05) is 0 Å². The molecule has 0 saturated carbocycles. The zero-order valence-corrected chi connectivity index (χ0v) is 12.6. The molecule has 0 aliphatic carbocycles. The highest BCUT2D eigenvalue weighted by Crippen LogP contribution is 2.13. The zero-order valence-electron chi connectivity index (χ0n) is 12.6. The van der Waals surface area contributed by atoms with Gasteiger partial charge in [-0.15, -0.1) is 0 Å². The first kappa shape index (κ1) is 18.1. The van der Waals surface area contributed by atoms with Gasteiger partial charge in [-0.05, 0) is 19.4 Å². The largest absolute Gasteiger partial charge is 0.480 e. The molecule has 0 aliphatic heterocycles. The van der Waals surface area contributed by atoms with Crippen LogP contribution in [0.3, 0.4) is 0 Å². The van der Waals surface area contributed by atoms with Crippen LogP contribution < -0.4 is 10.6 Å². The van der Waals surface area contributed by atoms with Crippen LogP contribution in [-0.2, 0) is 9.59 Å². The van der Waals surface area contributed by atoms with Crippen molar-refractivity contribution in [2.45, 2.75) is 32.4 Å². The number of hydrogen-bond donors (Lipinski definition) is 3. The normalized spacial score (nSPS) is 12.8. The maximum Gasteiger partial charge on any atom is 0.326 e. The molecule has 2 amide bonds. The van der Waals surface area contributed by atoms with Crippen molar-refractivity contribution in [1.29, 1.82) is 0 Å². The number of carbonyl (C=O) groups excluding carboxylic acids is 2.